The van der Waals surface area contributed by atoms with Crippen LogP contribution in [0, 0.1) is 13.8 Å². The number of aromatic carboxylic acids is 1. The molecule has 0 amide bonds. The molecule has 1 aromatic carbocycles. The first-order chi connectivity index (χ1) is 9.81. The fraction of sp³-hybridized carbons (Fsp3) is 0.286. The third-order valence-corrected chi connectivity index (χ3v) is 5.16. The zero-order chi connectivity index (χ0) is 15.6. The molecule has 0 aliphatic heterocycles. The summed E-state index contributed by atoms with van der Waals surface area (Å²) < 4.78 is 26.4. The van der Waals surface area contributed by atoms with Crippen molar-refractivity contribution < 1.29 is 18.3 Å². The summed E-state index contributed by atoms with van der Waals surface area (Å²) >= 11 is 0. The summed E-state index contributed by atoms with van der Waals surface area (Å²) in [6.45, 7) is 3.61. The van der Waals surface area contributed by atoms with Gasteiger partial charge in [0.05, 0.1) is 22.8 Å². The molecule has 2 aromatic rings. The van der Waals surface area contributed by atoms with Gasteiger partial charge in [-0.2, -0.15) is 5.10 Å². The van der Waals surface area contributed by atoms with Crippen molar-refractivity contribution in [2.75, 3.05) is 5.75 Å². The molecule has 1 N–H and O–H groups in total. The van der Waals surface area contributed by atoms with Crippen LogP contribution in [0.4, 0.5) is 0 Å². The Labute approximate surface area is 123 Å². The minimum Gasteiger partial charge on any atom is -0.478 e. The molecule has 0 fully saturated rings. The van der Waals surface area contributed by atoms with Crippen LogP contribution in [0.15, 0.2) is 35.5 Å². The molecule has 0 saturated heterocycles. The van der Waals surface area contributed by atoms with Crippen molar-refractivity contribution in [3.8, 4) is 0 Å². The predicted molar refractivity (Wildman–Crippen MR) is 77.2 cm³/mol. The second kappa shape index (κ2) is 5.69. The topological polar surface area (TPSA) is 89.3 Å². The molecule has 7 heteroatoms. The van der Waals surface area contributed by atoms with Crippen LogP contribution >= 0.6 is 0 Å². The lowest BCUT2D eigenvalue weighted by atomic mass is 10.1. The Morgan fingerprint density at radius 1 is 1.33 bits per heavy atom. The summed E-state index contributed by atoms with van der Waals surface area (Å²) in [6, 6.07) is 4.42. The summed E-state index contributed by atoms with van der Waals surface area (Å²) in [7, 11) is -3.57. The quantitative estimate of drug-likeness (QED) is 0.907. The summed E-state index contributed by atoms with van der Waals surface area (Å²) in [6.07, 6.45) is 3.26. The van der Waals surface area contributed by atoms with Gasteiger partial charge in [0.2, 0.25) is 0 Å². The normalized spacial score (nSPS) is 11.5. The minimum atomic E-state index is -3.57. The van der Waals surface area contributed by atoms with Gasteiger partial charge in [0, 0.05) is 12.4 Å². The highest BCUT2D eigenvalue weighted by Gasteiger charge is 2.20. The number of benzene rings is 1. The van der Waals surface area contributed by atoms with Crippen molar-refractivity contribution >= 4 is 15.8 Å². The van der Waals surface area contributed by atoms with Crippen molar-refractivity contribution in [1.82, 2.24) is 9.78 Å². The Morgan fingerprint density at radius 3 is 2.62 bits per heavy atom. The van der Waals surface area contributed by atoms with Gasteiger partial charge >= 0.3 is 5.97 Å². The molecular formula is C14H16N2O4S. The van der Waals surface area contributed by atoms with Gasteiger partial charge in [-0.15, -0.1) is 0 Å². The molecule has 0 aliphatic rings. The number of carboxylic acids is 1. The third-order valence-electron chi connectivity index (χ3n) is 3.35. The molecule has 2 rings (SSSR count). The van der Waals surface area contributed by atoms with E-state index in [9.17, 15) is 13.2 Å². The summed E-state index contributed by atoms with van der Waals surface area (Å²) in [5.41, 5.74) is 1.21. The number of carbonyl (C=O) groups is 1. The number of aryl methyl sites for hydroxylation is 2. The lowest BCUT2D eigenvalue weighted by Gasteiger charge is -2.11. The molecule has 0 spiro atoms. The molecule has 0 bridgehead atoms. The summed E-state index contributed by atoms with van der Waals surface area (Å²) in [4.78, 5) is 11.2. The van der Waals surface area contributed by atoms with Crippen LogP contribution in [-0.4, -0.2) is 35.0 Å². The molecule has 6 nitrogen and oxygen atoms in total. The Balaban J connectivity index is 2.37. The maximum absolute atomic E-state index is 12.4. The molecule has 1 heterocycles. The van der Waals surface area contributed by atoms with E-state index in [-0.39, 0.29) is 22.8 Å². The van der Waals surface area contributed by atoms with Gasteiger partial charge in [-0.3, -0.25) is 4.68 Å². The first-order valence-corrected chi connectivity index (χ1v) is 8.01. The van der Waals surface area contributed by atoms with E-state index >= 15 is 0 Å². The first kappa shape index (κ1) is 15.2. The lowest BCUT2D eigenvalue weighted by Crippen LogP contribution is -2.16. The minimum absolute atomic E-state index is 0.0178. The zero-order valence-corrected chi connectivity index (χ0v) is 12.6. The van der Waals surface area contributed by atoms with E-state index in [2.05, 4.69) is 5.10 Å². The SMILES string of the molecule is Cc1cc(C(=O)O)cc(S(=O)(=O)CCn2cccn2)c1C. The van der Waals surface area contributed by atoms with Crippen LogP contribution in [0.1, 0.15) is 21.5 Å². The Hall–Kier alpha value is -2.15. The number of carboxylic acid groups (broad SMARTS) is 1. The van der Waals surface area contributed by atoms with E-state index in [1.54, 1.807) is 32.3 Å². The van der Waals surface area contributed by atoms with Gasteiger partial charge in [-0.25, -0.2) is 13.2 Å². The van der Waals surface area contributed by atoms with Crippen molar-refractivity contribution in [3.05, 3.63) is 47.3 Å². The van der Waals surface area contributed by atoms with Crippen LogP contribution in [0.5, 0.6) is 0 Å². The van der Waals surface area contributed by atoms with Crippen LogP contribution in [-0.2, 0) is 16.4 Å². The van der Waals surface area contributed by atoms with Crippen molar-refractivity contribution in [3.63, 3.8) is 0 Å². The Bertz CT molecular complexity index is 765. The van der Waals surface area contributed by atoms with Crippen molar-refractivity contribution in [2.24, 2.45) is 0 Å². The first-order valence-electron chi connectivity index (χ1n) is 6.36. The van der Waals surface area contributed by atoms with Gasteiger partial charge in [-0.05, 0) is 43.2 Å². The van der Waals surface area contributed by atoms with Crippen LogP contribution in [0.3, 0.4) is 0 Å². The number of hydrogen-bond acceptors (Lipinski definition) is 4. The molecule has 21 heavy (non-hydrogen) atoms. The molecule has 0 aliphatic carbocycles. The highest BCUT2D eigenvalue weighted by molar-refractivity contribution is 7.91. The molecule has 112 valence electrons. The fourth-order valence-corrected chi connectivity index (χ4v) is 3.61. The molecule has 0 radical (unpaired) electrons. The van der Waals surface area contributed by atoms with Gasteiger partial charge in [0.15, 0.2) is 9.84 Å². The molecule has 0 atom stereocenters. The number of sulfone groups is 1. The Kier molecular flexibility index (Phi) is 4.13. The Morgan fingerprint density at radius 2 is 2.05 bits per heavy atom. The molecular weight excluding hydrogens is 292 g/mol. The van der Waals surface area contributed by atoms with Crippen LogP contribution < -0.4 is 0 Å². The lowest BCUT2D eigenvalue weighted by molar-refractivity contribution is 0.0696. The van der Waals surface area contributed by atoms with E-state index in [0.717, 1.165) is 0 Å². The van der Waals surface area contributed by atoms with Gasteiger partial charge in [0.1, 0.15) is 0 Å². The number of nitrogens with zero attached hydrogens (tertiary/aromatic N) is 2. The fourth-order valence-electron chi connectivity index (χ4n) is 2.03. The number of hydrogen-bond donors (Lipinski definition) is 1. The van der Waals surface area contributed by atoms with Crippen LogP contribution in [0.25, 0.3) is 0 Å². The van der Waals surface area contributed by atoms with Gasteiger partial charge in [-0.1, -0.05) is 0 Å². The molecule has 0 saturated carbocycles. The summed E-state index contributed by atoms with van der Waals surface area (Å²) in [5.74, 6) is -1.26. The number of rotatable bonds is 5. The largest absolute Gasteiger partial charge is 0.478 e. The third kappa shape index (κ3) is 3.30. The van der Waals surface area contributed by atoms with E-state index in [1.807, 2.05) is 0 Å². The molecule has 1 aromatic heterocycles. The van der Waals surface area contributed by atoms with Crippen LogP contribution in [0.2, 0.25) is 0 Å². The van der Waals surface area contributed by atoms with Gasteiger partial charge < -0.3 is 5.11 Å². The van der Waals surface area contributed by atoms with E-state index < -0.39 is 15.8 Å². The second-order valence-corrected chi connectivity index (χ2v) is 6.89. The monoisotopic (exact) mass is 308 g/mol. The highest BCUT2D eigenvalue weighted by Crippen LogP contribution is 2.22. The maximum Gasteiger partial charge on any atom is 0.335 e. The van der Waals surface area contributed by atoms with E-state index in [0.29, 0.717) is 11.1 Å². The number of aromatic nitrogens is 2. The smallest absolute Gasteiger partial charge is 0.335 e. The zero-order valence-electron chi connectivity index (χ0n) is 11.8. The van der Waals surface area contributed by atoms with Crippen molar-refractivity contribution in [2.45, 2.75) is 25.3 Å². The highest BCUT2D eigenvalue weighted by atomic mass is 32.2. The predicted octanol–water partition coefficient (Wildman–Crippen LogP) is 1.67. The average molecular weight is 308 g/mol. The van der Waals surface area contributed by atoms with E-state index in [4.69, 9.17) is 5.11 Å². The average Bonchev–Trinajstić information content (AvgIpc) is 2.92. The van der Waals surface area contributed by atoms with E-state index in [1.165, 1.54) is 16.8 Å². The van der Waals surface area contributed by atoms with Gasteiger partial charge in [0.25, 0.3) is 0 Å². The van der Waals surface area contributed by atoms with Crippen molar-refractivity contribution in [1.29, 1.82) is 0 Å². The summed E-state index contributed by atoms with van der Waals surface area (Å²) in [5, 5.41) is 13.0. The maximum atomic E-state index is 12.4. The second-order valence-electron chi connectivity index (χ2n) is 4.81. The molecule has 0 unspecified atom stereocenters. The standard InChI is InChI=1S/C14H16N2O4S/c1-10-8-12(14(17)18)9-13(11(10)2)21(19,20)7-6-16-5-3-4-15-16/h3-5,8-9H,6-7H2,1-2H3,(H,17,18).